The van der Waals surface area contributed by atoms with Gasteiger partial charge in [0.1, 0.15) is 5.60 Å². The van der Waals surface area contributed by atoms with E-state index in [9.17, 15) is 4.79 Å². The summed E-state index contributed by atoms with van der Waals surface area (Å²) in [4.78, 5) is 11.8. The number of nitrogens with one attached hydrogen (secondary N) is 1. The molecule has 2 rings (SSSR count). The Bertz CT molecular complexity index is 433. The molecule has 0 saturated heterocycles. The third kappa shape index (κ3) is 4.92. The van der Waals surface area contributed by atoms with Gasteiger partial charge in [0.05, 0.1) is 18.0 Å². The van der Waals surface area contributed by atoms with Gasteiger partial charge < -0.3 is 14.8 Å². The highest BCUT2D eigenvalue weighted by atomic mass is 31.1. The molecule has 1 saturated carbocycles. The van der Waals surface area contributed by atoms with Crippen LogP contribution in [0.4, 0.5) is 4.79 Å². The number of alkyl carbamates (subject to hydrolysis) is 1. The molecular formula is C15H24NO3P. The molecule has 0 radical (unpaired) electrons. The highest BCUT2D eigenvalue weighted by molar-refractivity contribution is 7.42. The summed E-state index contributed by atoms with van der Waals surface area (Å²) in [6.45, 7) is 8.25. The Morgan fingerprint density at radius 1 is 1.50 bits per heavy atom. The molecule has 1 N–H and O–H groups in total. The molecule has 1 aliphatic heterocycles. The molecule has 4 nitrogen and oxygen atoms in total. The van der Waals surface area contributed by atoms with Crippen molar-refractivity contribution in [1.82, 2.24) is 5.32 Å². The first-order valence-corrected chi connectivity index (χ1v) is 8.17. The molecule has 2 aliphatic rings. The van der Waals surface area contributed by atoms with E-state index in [0.29, 0.717) is 15.2 Å². The van der Waals surface area contributed by atoms with Crippen molar-refractivity contribution in [2.24, 2.45) is 0 Å². The van der Waals surface area contributed by atoms with Crippen molar-refractivity contribution in [3.05, 3.63) is 23.5 Å². The van der Waals surface area contributed by atoms with Gasteiger partial charge in [-0.25, -0.2) is 4.79 Å². The summed E-state index contributed by atoms with van der Waals surface area (Å²) >= 11 is 0. The first-order chi connectivity index (χ1) is 9.28. The Balaban J connectivity index is 1.75. The van der Waals surface area contributed by atoms with Gasteiger partial charge in [0.25, 0.3) is 0 Å². The van der Waals surface area contributed by atoms with Crippen LogP contribution in [-0.2, 0) is 9.47 Å². The van der Waals surface area contributed by atoms with Crippen molar-refractivity contribution in [2.75, 3.05) is 6.61 Å². The minimum Gasteiger partial charge on any atom is -0.444 e. The molecule has 0 aromatic carbocycles. The van der Waals surface area contributed by atoms with E-state index in [1.165, 1.54) is 5.57 Å². The Hall–Kier alpha value is -0.860. The van der Waals surface area contributed by atoms with Gasteiger partial charge in [-0.1, -0.05) is 32.1 Å². The Morgan fingerprint density at radius 2 is 2.20 bits per heavy atom. The second kappa shape index (κ2) is 5.87. The lowest BCUT2D eigenvalue weighted by atomic mass is 10.2. The normalized spacial score (nSPS) is 25.2. The monoisotopic (exact) mass is 297 g/mol. The fourth-order valence-corrected chi connectivity index (χ4v) is 2.80. The fraction of sp³-hybridized carbons (Fsp3) is 0.667. The van der Waals surface area contributed by atoms with E-state index in [-0.39, 0.29) is 17.5 Å². The Kier molecular flexibility index (Phi) is 4.55. The van der Waals surface area contributed by atoms with Crippen molar-refractivity contribution in [2.45, 2.75) is 57.5 Å². The molecule has 2 unspecified atom stereocenters. The number of carbonyl (C=O) groups is 1. The standard InChI is InChI=1S/C15H24NO3P/c1-11-5-6-12(20-9-11)18-10-15(7-8-15)16-13(17)19-14(2,3)4/h5-6,9,12,20H,7-8,10H2,1-4H3,(H,16,17). The molecule has 1 amide bonds. The van der Waals surface area contributed by atoms with Gasteiger partial charge in [0.2, 0.25) is 0 Å². The predicted octanol–water partition coefficient (Wildman–Crippen LogP) is 3.54. The first-order valence-electron chi connectivity index (χ1n) is 7.02. The number of ether oxygens (including phenoxy) is 2. The molecule has 2 atom stereocenters. The minimum atomic E-state index is -0.461. The fourth-order valence-electron chi connectivity index (χ4n) is 1.89. The Labute approximate surface area is 122 Å². The quantitative estimate of drug-likeness (QED) is 0.807. The second-order valence-electron chi connectivity index (χ2n) is 6.55. The number of hydrogen-bond acceptors (Lipinski definition) is 3. The van der Waals surface area contributed by atoms with Crippen LogP contribution in [0.1, 0.15) is 40.5 Å². The molecule has 5 heteroatoms. The maximum Gasteiger partial charge on any atom is 0.408 e. The molecule has 1 fully saturated rings. The number of hydrogen-bond donors (Lipinski definition) is 1. The lowest BCUT2D eigenvalue weighted by Gasteiger charge is -2.25. The maximum atomic E-state index is 11.8. The van der Waals surface area contributed by atoms with Gasteiger partial charge in [0.15, 0.2) is 0 Å². The van der Waals surface area contributed by atoms with Crippen LogP contribution in [0.15, 0.2) is 23.5 Å². The van der Waals surface area contributed by atoms with Crippen LogP contribution in [0.5, 0.6) is 0 Å². The topological polar surface area (TPSA) is 47.6 Å². The van der Waals surface area contributed by atoms with Crippen LogP contribution in [0, 0.1) is 0 Å². The van der Waals surface area contributed by atoms with Crippen molar-refractivity contribution in [3.8, 4) is 0 Å². The summed E-state index contributed by atoms with van der Waals surface area (Å²) in [5, 5.41) is 2.95. The average molecular weight is 297 g/mol. The maximum absolute atomic E-state index is 11.8. The molecule has 0 bridgehead atoms. The smallest absolute Gasteiger partial charge is 0.408 e. The lowest BCUT2D eigenvalue weighted by Crippen LogP contribution is -2.43. The molecule has 1 heterocycles. The largest absolute Gasteiger partial charge is 0.444 e. The van der Waals surface area contributed by atoms with Gasteiger partial charge in [-0.3, -0.25) is 0 Å². The number of allylic oxidation sites excluding steroid dienone is 2. The van der Waals surface area contributed by atoms with Crippen LogP contribution in [0.2, 0.25) is 0 Å². The average Bonchev–Trinajstić information content (AvgIpc) is 3.06. The molecule has 0 aromatic heterocycles. The molecular weight excluding hydrogens is 273 g/mol. The van der Waals surface area contributed by atoms with Crippen LogP contribution in [0.25, 0.3) is 0 Å². The van der Waals surface area contributed by atoms with Gasteiger partial charge in [-0.2, -0.15) is 0 Å². The SMILES string of the molecule is CC1=CPC(OCC2(NC(=O)OC(C)(C)C)CC2)C=C1. The molecule has 1 aliphatic carbocycles. The summed E-state index contributed by atoms with van der Waals surface area (Å²) in [7, 11) is 0.659. The number of rotatable bonds is 4. The predicted molar refractivity (Wildman–Crippen MR) is 82.3 cm³/mol. The van der Waals surface area contributed by atoms with Crippen molar-refractivity contribution >= 4 is 14.7 Å². The number of amides is 1. The zero-order valence-corrected chi connectivity index (χ0v) is 13.7. The first kappa shape index (κ1) is 15.5. The molecule has 0 spiro atoms. The van der Waals surface area contributed by atoms with E-state index in [1.54, 1.807) is 0 Å². The van der Waals surface area contributed by atoms with Gasteiger partial charge in [0, 0.05) is 0 Å². The van der Waals surface area contributed by atoms with E-state index >= 15 is 0 Å². The van der Waals surface area contributed by atoms with E-state index in [0.717, 1.165) is 12.8 Å². The van der Waals surface area contributed by atoms with Crippen LogP contribution in [-0.4, -0.2) is 29.7 Å². The third-order valence-corrected chi connectivity index (χ3v) is 4.48. The highest BCUT2D eigenvalue weighted by Gasteiger charge is 2.45. The van der Waals surface area contributed by atoms with Gasteiger partial charge >= 0.3 is 6.09 Å². The van der Waals surface area contributed by atoms with E-state index < -0.39 is 5.60 Å². The summed E-state index contributed by atoms with van der Waals surface area (Å²) in [6.07, 6.45) is 5.75. The van der Waals surface area contributed by atoms with E-state index in [1.807, 2.05) is 20.8 Å². The number of carbonyl (C=O) groups excluding carboxylic acids is 1. The summed E-state index contributed by atoms with van der Waals surface area (Å²) in [6, 6.07) is 0. The zero-order valence-electron chi connectivity index (χ0n) is 12.7. The van der Waals surface area contributed by atoms with Gasteiger partial charge in [-0.15, -0.1) is 0 Å². The van der Waals surface area contributed by atoms with Gasteiger partial charge in [-0.05, 0) is 40.5 Å². The molecule has 20 heavy (non-hydrogen) atoms. The van der Waals surface area contributed by atoms with Crippen molar-refractivity contribution in [1.29, 1.82) is 0 Å². The van der Waals surface area contributed by atoms with Crippen LogP contribution in [0.3, 0.4) is 0 Å². The Morgan fingerprint density at radius 3 is 2.70 bits per heavy atom. The summed E-state index contributed by atoms with van der Waals surface area (Å²) in [5.74, 6) is 2.35. The second-order valence-corrected chi connectivity index (χ2v) is 7.74. The van der Waals surface area contributed by atoms with Crippen LogP contribution >= 0.6 is 8.58 Å². The lowest BCUT2D eigenvalue weighted by molar-refractivity contribution is 0.0422. The summed E-state index contributed by atoms with van der Waals surface area (Å²) in [5.41, 5.74) is 0.615. The van der Waals surface area contributed by atoms with E-state index in [2.05, 4.69) is 30.2 Å². The third-order valence-electron chi connectivity index (χ3n) is 3.17. The van der Waals surface area contributed by atoms with Crippen LogP contribution < -0.4 is 5.32 Å². The summed E-state index contributed by atoms with van der Waals surface area (Å²) < 4.78 is 11.2. The molecule has 0 aromatic rings. The zero-order chi connectivity index (χ0) is 14.8. The van der Waals surface area contributed by atoms with Crippen molar-refractivity contribution in [3.63, 3.8) is 0 Å². The molecule has 112 valence electrons. The van der Waals surface area contributed by atoms with Crippen molar-refractivity contribution < 1.29 is 14.3 Å². The highest BCUT2D eigenvalue weighted by Crippen LogP contribution is 2.38. The van der Waals surface area contributed by atoms with E-state index in [4.69, 9.17) is 9.47 Å². The minimum absolute atomic E-state index is 0.150.